The number of fused-ring (bicyclic) bond motifs is 3. The third kappa shape index (κ3) is 2.21. The minimum Gasteiger partial charge on any atom is -0.396 e. The molecule has 0 bridgehead atoms. The number of hydrogen-bond acceptors (Lipinski definition) is 4. The summed E-state index contributed by atoms with van der Waals surface area (Å²) in [5.41, 5.74) is 1.29. The second-order valence-corrected chi connectivity index (χ2v) is 6.44. The fraction of sp³-hybridized carbons (Fsp3) is 0.571. The maximum absolute atomic E-state index is 12.5. The molecular weight excluding hydrogens is 260 g/mol. The van der Waals surface area contributed by atoms with Crippen LogP contribution >= 0.6 is 11.3 Å². The second kappa shape index (κ2) is 5.06. The van der Waals surface area contributed by atoms with E-state index in [1.54, 1.807) is 22.2 Å². The van der Waals surface area contributed by atoms with E-state index in [0.29, 0.717) is 18.9 Å². The van der Waals surface area contributed by atoms with Crippen molar-refractivity contribution in [1.82, 2.24) is 9.55 Å². The van der Waals surface area contributed by atoms with Crippen LogP contribution in [0.4, 0.5) is 0 Å². The predicted molar refractivity (Wildman–Crippen MR) is 76.8 cm³/mol. The van der Waals surface area contributed by atoms with Crippen molar-refractivity contribution in [3.8, 4) is 0 Å². The molecule has 19 heavy (non-hydrogen) atoms. The van der Waals surface area contributed by atoms with Crippen molar-refractivity contribution < 1.29 is 5.11 Å². The molecule has 2 aromatic rings. The van der Waals surface area contributed by atoms with Gasteiger partial charge in [-0.15, -0.1) is 11.3 Å². The van der Waals surface area contributed by atoms with Gasteiger partial charge >= 0.3 is 0 Å². The van der Waals surface area contributed by atoms with Crippen molar-refractivity contribution in [3.63, 3.8) is 0 Å². The lowest BCUT2D eigenvalue weighted by Crippen LogP contribution is -2.22. The Labute approximate surface area is 115 Å². The van der Waals surface area contributed by atoms with Gasteiger partial charge in [0.05, 0.1) is 11.7 Å². The number of rotatable bonds is 3. The normalized spacial score (nSPS) is 18.7. The lowest BCUT2D eigenvalue weighted by atomic mass is 9.89. The fourth-order valence-electron chi connectivity index (χ4n) is 2.77. The lowest BCUT2D eigenvalue weighted by molar-refractivity contribution is 0.279. The zero-order valence-corrected chi connectivity index (χ0v) is 11.9. The Balaban J connectivity index is 2.12. The molecule has 0 saturated heterocycles. The van der Waals surface area contributed by atoms with Crippen LogP contribution in [0.3, 0.4) is 0 Å². The largest absolute Gasteiger partial charge is 0.396 e. The average molecular weight is 278 g/mol. The Morgan fingerprint density at radius 1 is 1.58 bits per heavy atom. The number of aromatic nitrogens is 2. The van der Waals surface area contributed by atoms with Crippen LogP contribution in [0.2, 0.25) is 0 Å². The average Bonchev–Trinajstić information content (AvgIpc) is 2.76. The molecule has 5 heteroatoms. The van der Waals surface area contributed by atoms with E-state index in [1.165, 1.54) is 10.4 Å². The van der Waals surface area contributed by atoms with E-state index in [0.717, 1.165) is 29.5 Å². The summed E-state index contributed by atoms with van der Waals surface area (Å²) in [7, 11) is 0. The Hall–Kier alpha value is -1.20. The minimum absolute atomic E-state index is 0.0607. The third-order valence-corrected chi connectivity index (χ3v) is 5.00. The van der Waals surface area contributed by atoms with E-state index in [1.807, 2.05) is 0 Å². The second-order valence-electron chi connectivity index (χ2n) is 5.35. The summed E-state index contributed by atoms with van der Waals surface area (Å²) >= 11 is 1.68. The standard InChI is InChI=1S/C14H18N2O2S/c1-9-3-4-10-11(7-9)19-13-12(10)14(18)16(8-15-13)5-2-6-17/h8-9,17H,2-7H2,1H3. The fourth-order valence-corrected chi connectivity index (χ4v) is 4.11. The van der Waals surface area contributed by atoms with Crippen LogP contribution < -0.4 is 5.56 Å². The van der Waals surface area contributed by atoms with Crippen LogP contribution in [-0.4, -0.2) is 21.3 Å². The van der Waals surface area contributed by atoms with Gasteiger partial charge in [0.15, 0.2) is 0 Å². The molecule has 0 amide bonds. The van der Waals surface area contributed by atoms with Crippen LogP contribution in [0.5, 0.6) is 0 Å². The van der Waals surface area contributed by atoms with Crippen LogP contribution in [0, 0.1) is 5.92 Å². The molecule has 0 fully saturated rings. The molecule has 102 valence electrons. The van der Waals surface area contributed by atoms with E-state index in [-0.39, 0.29) is 12.2 Å². The molecule has 2 aromatic heterocycles. The van der Waals surface area contributed by atoms with E-state index >= 15 is 0 Å². The molecule has 0 saturated carbocycles. The van der Waals surface area contributed by atoms with Gasteiger partial charge in [0.2, 0.25) is 0 Å². The first kappa shape index (κ1) is 12.8. The molecule has 1 aliphatic carbocycles. The smallest absolute Gasteiger partial charge is 0.262 e. The summed E-state index contributed by atoms with van der Waals surface area (Å²) in [6.07, 6.45) is 5.44. The molecule has 0 aliphatic heterocycles. The van der Waals surface area contributed by atoms with Gasteiger partial charge in [-0.05, 0) is 37.2 Å². The van der Waals surface area contributed by atoms with Gasteiger partial charge in [-0.2, -0.15) is 0 Å². The maximum atomic E-state index is 12.5. The van der Waals surface area contributed by atoms with Crippen LogP contribution in [-0.2, 0) is 19.4 Å². The monoisotopic (exact) mass is 278 g/mol. The molecule has 4 nitrogen and oxygen atoms in total. The first-order chi connectivity index (χ1) is 9.20. The van der Waals surface area contributed by atoms with Crippen molar-refractivity contribution in [3.05, 3.63) is 27.1 Å². The predicted octanol–water partition coefficient (Wildman–Crippen LogP) is 1.97. The Bertz CT molecular complexity index is 659. The Kier molecular flexibility index (Phi) is 3.41. The van der Waals surface area contributed by atoms with Gasteiger partial charge in [0, 0.05) is 18.0 Å². The molecule has 3 rings (SSSR count). The van der Waals surface area contributed by atoms with Gasteiger partial charge in [-0.1, -0.05) is 6.92 Å². The van der Waals surface area contributed by atoms with Crippen molar-refractivity contribution in [2.75, 3.05) is 6.61 Å². The molecule has 1 N–H and O–H groups in total. The first-order valence-electron chi connectivity index (χ1n) is 6.81. The van der Waals surface area contributed by atoms with Gasteiger partial charge < -0.3 is 5.11 Å². The summed E-state index contributed by atoms with van der Waals surface area (Å²) in [4.78, 5) is 19.1. The summed E-state index contributed by atoms with van der Waals surface area (Å²) in [6, 6.07) is 0. The molecule has 2 heterocycles. The summed E-state index contributed by atoms with van der Waals surface area (Å²) in [5, 5.41) is 9.71. The molecule has 0 radical (unpaired) electrons. The quantitative estimate of drug-likeness (QED) is 0.934. The van der Waals surface area contributed by atoms with E-state index in [4.69, 9.17) is 5.11 Å². The minimum atomic E-state index is 0.0607. The zero-order chi connectivity index (χ0) is 13.4. The van der Waals surface area contributed by atoms with Gasteiger partial charge in [-0.25, -0.2) is 4.98 Å². The maximum Gasteiger partial charge on any atom is 0.262 e. The molecular formula is C14H18N2O2S. The van der Waals surface area contributed by atoms with Crippen LogP contribution in [0.1, 0.15) is 30.2 Å². The first-order valence-corrected chi connectivity index (χ1v) is 7.63. The third-order valence-electron chi connectivity index (χ3n) is 3.84. The molecule has 1 atom stereocenters. The number of nitrogens with zero attached hydrogens (tertiary/aromatic N) is 2. The van der Waals surface area contributed by atoms with Crippen molar-refractivity contribution in [2.45, 2.75) is 39.2 Å². The number of aliphatic hydroxyl groups excluding tert-OH is 1. The highest BCUT2D eigenvalue weighted by atomic mass is 32.1. The molecule has 0 aromatic carbocycles. The van der Waals surface area contributed by atoms with Gasteiger partial charge in [0.1, 0.15) is 4.83 Å². The van der Waals surface area contributed by atoms with E-state index < -0.39 is 0 Å². The Morgan fingerprint density at radius 2 is 2.42 bits per heavy atom. The molecule has 0 spiro atoms. The summed E-state index contributed by atoms with van der Waals surface area (Å²) in [5.74, 6) is 0.706. The highest BCUT2D eigenvalue weighted by Gasteiger charge is 2.22. The van der Waals surface area contributed by atoms with Crippen molar-refractivity contribution in [1.29, 1.82) is 0 Å². The van der Waals surface area contributed by atoms with Gasteiger partial charge in [0.25, 0.3) is 5.56 Å². The van der Waals surface area contributed by atoms with Crippen molar-refractivity contribution in [2.24, 2.45) is 5.92 Å². The van der Waals surface area contributed by atoms with E-state index in [2.05, 4.69) is 11.9 Å². The van der Waals surface area contributed by atoms with E-state index in [9.17, 15) is 4.79 Å². The highest BCUT2D eigenvalue weighted by molar-refractivity contribution is 7.18. The SMILES string of the molecule is CC1CCc2c(sc3ncn(CCCO)c(=O)c23)C1. The summed E-state index contributed by atoms with van der Waals surface area (Å²) < 4.78 is 1.63. The number of aliphatic hydroxyl groups is 1. The topological polar surface area (TPSA) is 55.1 Å². The van der Waals surface area contributed by atoms with Crippen LogP contribution in [0.15, 0.2) is 11.1 Å². The van der Waals surface area contributed by atoms with Gasteiger partial charge in [-0.3, -0.25) is 9.36 Å². The number of thiophene rings is 1. The zero-order valence-electron chi connectivity index (χ0n) is 11.1. The highest BCUT2D eigenvalue weighted by Crippen LogP contribution is 2.35. The van der Waals surface area contributed by atoms with Crippen molar-refractivity contribution >= 4 is 21.6 Å². The van der Waals surface area contributed by atoms with Crippen LogP contribution in [0.25, 0.3) is 10.2 Å². The number of aryl methyl sites for hydroxylation is 2. The molecule has 1 unspecified atom stereocenters. The number of hydrogen-bond donors (Lipinski definition) is 1. The lowest BCUT2D eigenvalue weighted by Gasteiger charge is -2.17. The summed E-state index contributed by atoms with van der Waals surface area (Å²) in [6.45, 7) is 2.91. The molecule has 1 aliphatic rings. The Morgan fingerprint density at radius 3 is 3.21 bits per heavy atom.